The van der Waals surface area contributed by atoms with Gasteiger partial charge in [-0.2, -0.15) is 0 Å². The predicted molar refractivity (Wildman–Crippen MR) is 143 cm³/mol. The lowest BCUT2D eigenvalue weighted by molar-refractivity contribution is -0.182. The number of phenolic OH excluding ortho intramolecular Hbond substituents is 1. The van der Waals surface area contributed by atoms with Gasteiger partial charge in [-0.25, -0.2) is 4.79 Å². The summed E-state index contributed by atoms with van der Waals surface area (Å²) >= 11 is 0. The number of rotatable bonds is 4. The van der Waals surface area contributed by atoms with Gasteiger partial charge in [0.2, 0.25) is 11.6 Å². The molecule has 1 aromatic rings. The lowest BCUT2D eigenvalue weighted by Gasteiger charge is -2.54. The Morgan fingerprint density at radius 1 is 1.07 bits per heavy atom. The molecule has 12 heteroatoms. The molecule has 3 aliphatic rings. The molecule has 0 spiro atoms. The van der Waals surface area contributed by atoms with Crippen LogP contribution in [0.3, 0.4) is 0 Å². The van der Waals surface area contributed by atoms with Crippen LogP contribution in [0.15, 0.2) is 34.8 Å². The summed E-state index contributed by atoms with van der Waals surface area (Å²) in [6.45, 7) is 8.05. The Hall–Kier alpha value is -4.03. The lowest BCUT2D eigenvalue weighted by atomic mass is 9.55. The standard InChI is InChI=1S/C29H34N2O10/c1-10-12-8-9-13(28(3,4)5)20(33)15(12)21(34)16-14(10)23(41-27(39)11(2)32)18-19(31(6)7)22(35)17(26(30)38)25(37)29(18,40)24(16)36/h8-10,14,18-19,23,33,35-36,40H,1-7H3,(H2,30,38)/t10?,14?,18?,19-,23?,29-/m0/s1. The maximum Gasteiger partial charge on any atom is 0.374 e. The molecule has 220 valence electrons. The molecule has 3 aliphatic carbocycles. The van der Waals surface area contributed by atoms with Gasteiger partial charge in [-0.15, -0.1) is 0 Å². The molecule has 0 heterocycles. The van der Waals surface area contributed by atoms with E-state index in [9.17, 15) is 44.4 Å². The maximum atomic E-state index is 14.1. The van der Waals surface area contributed by atoms with Crippen molar-refractivity contribution in [3.8, 4) is 5.75 Å². The van der Waals surface area contributed by atoms with E-state index in [0.717, 1.165) is 6.92 Å². The number of esters is 1. The first kappa shape index (κ1) is 29.9. The predicted octanol–water partition coefficient (Wildman–Crippen LogP) is 1.09. The fourth-order valence-electron chi connectivity index (χ4n) is 6.55. The summed E-state index contributed by atoms with van der Waals surface area (Å²) < 4.78 is 5.58. The summed E-state index contributed by atoms with van der Waals surface area (Å²) in [4.78, 5) is 66.1. The van der Waals surface area contributed by atoms with Crippen molar-refractivity contribution in [2.75, 3.05) is 14.1 Å². The summed E-state index contributed by atoms with van der Waals surface area (Å²) in [7, 11) is 2.87. The number of phenols is 1. The van der Waals surface area contributed by atoms with Gasteiger partial charge in [-0.1, -0.05) is 39.8 Å². The van der Waals surface area contributed by atoms with Crippen LogP contribution in [0.25, 0.3) is 0 Å². The van der Waals surface area contributed by atoms with Crippen molar-refractivity contribution in [2.24, 2.45) is 17.6 Å². The zero-order chi connectivity index (χ0) is 31.1. The number of likely N-dealkylation sites (N-methyl/N-ethyl adjacent to an activating group) is 1. The van der Waals surface area contributed by atoms with E-state index in [-0.39, 0.29) is 11.3 Å². The second-order valence-electron chi connectivity index (χ2n) is 12.2. The molecular weight excluding hydrogens is 536 g/mol. The first-order valence-electron chi connectivity index (χ1n) is 13.0. The number of ketones is 3. The van der Waals surface area contributed by atoms with Crippen molar-refractivity contribution in [3.63, 3.8) is 0 Å². The molecule has 12 nitrogen and oxygen atoms in total. The number of aliphatic hydroxyl groups is 3. The fraction of sp³-hybridized carbons (Fsp3) is 0.483. The highest BCUT2D eigenvalue weighted by Gasteiger charge is 2.68. The number of nitrogens with zero attached hydrogens (tertiary/aromatic N) is 1. The van der Waals surface area contributed by atoms with E-state index in [0.29, 0.717) is 11.1 Å². The quantitative estimate of drug-likeness (QED) is 0.197. The van der Waals surface area contributed by atoms with E-state index in [1.54, 1.807) is 19.1 Å². The monoisotopic (exact) mass is 570 g/mol. The number of primary amides is 1. The molecule has 41 heavy (non-hydrogen) atoms. The van der Waals surface area contributed by atoms with E-state index in [1.807, 2.05) is 20.8 Å². The topological polar surface area (TPSA) is 205 Å². The Balaban J connectivity index is 2.12. The van der Waals surface area contributed by atoms with Gasteiger partial charge in [-0.3, -0.25) is 24.1 Å². The van der Waals surface area contributed by atoms with Crippen molar-refractivity contribution < 1.29 is 49.1 Å². The highest BCUT2D eigenvalue weighted by Crippen LogP contribution is 2.57. The number of hydrogen-bond acceptors (Lipinski definition) is 11. The summed E-state index contributed by atoms with van der Waals surface area (Å²) in [5.41, 5.74) is 0.781. The Kier molecular flexibility index (Phi) is 6.95. The van der Waals surface area contributed by atoms with Crippen LogP contribution in [-0.4, -0.2) is 86.4 Å². The summed E-state index contributed by atoms with van der Waals surface area (Å²) in [5, 5.41) is 46.0. The van der Waals surface area contributed by atoms with Crippen LogP contribution in [0.4, 0.5) is 0 Å². The zero-order valence-corrected chi connectivity index (χ0v) is 23.8. The number of aliphatic hydroxyl groups excluding tert-OH is 2. The fourth-order valence-corrected chi connectivity index (χ4v) is 6.55. The van der Waals surface area contributed by atoms with Crippen LogP contribution in [0, 0.1) is 11.8 Å². The Bertz CT molecular complexity index is 1480. The number of carbonyl (C=O) groups is 5. The number of benzene rings is 1. The van der Waals surface area contributed by atoms with E-state index < -0.39 is 92.8 Å². The average molecular weight is 571 g/mol. The van der Waals surface area contributed by atoms with Crippen molar-refractivity contribution in [3.05, 3.63) is 51.5 Å². The number of fused-ring (bicyclic) bond motifs is 3. The third kappa shape index (κ3) is 4.07. The first-order chi connectivity index (χ1) is 18.8. The van der Waals surface area contributed by atoms with Gasteiger partial charge in [0.25, 0.3) is 5.91 Å². The number of aromatic hydroxyl groups is 1. The van der Waals surface area contributed by atoms with Crippen molar-refractivity contribution in [1.29, 1.82) is 0 Å². The SMILES string of the molecule is CC(=O)C(=O)OC1C2C(=C(O)[C@]3(O)C(=O)C(C(N)=O)=C(O)[C@@H](N(C)C)C13)C(=O)c1c(ccc(C(C)(C)C)c1O)C2C. The van der Waals surface area contributed by atoms with Gasteiger partial charge in [-0.05, 0) is 31.0 Å². The largest absolute Gasteiger partial charge is 0.510 e. The second kappa shape index (κ2) is 9.52. The molecule has 0 aliphatic heterocycles. The Morgan fingerprint density at radius 2 is 1.66 bits per heavy atom. The third-order valence-electron chi connectivity index (χ3n) is 8.44. The highest BCUT2D eigenvalue weighted by molar-refractivity contribution is 6.32. The minimum Gasteiger partial charge on any atom is -0.510 e. The molecule has 1 amide bonds. The molecule has 4 unspecified atom stereocenters. The third-order valence-corrected chi connectivity index (χ3v) is 8.44. The van der Waals surface area contributed by atoms with E-state index in [2.05, 4.69) is 0 Å². The van der Waals surface area contributed by atoms with E-state index in [4.69, 9.17) is 10.5 Å². The van der Waals surface area contributed by atoms with Crippen LogP contribution >= 0.6 is 0 Å². The number of carbonyl (C=O) groups excluding carboxylic acids is 5. The van der Waals surface area contributed by atoms with Gasteiger partial charge in [0.15, 0.2) is 11.4 Å². The van der Waals surface area contributed by atoms with Gasteiger partial charge in [0.05, 0.1) is 17.5 Å². The first-order valence-corrected chi connectivity index (χ1v) is 13.0. The van der Waals surface area contributed by atoms with Crippen LogP contribution in [0.5, 0.6) is 5.75 Å². The molecule has 6 N–H and O–H groups in total. The summed E-state index contributed by atoms with van der Waals surface area (Å²) in [5.74, 6) is -12.2. The average Bonchev–Trinajstić information content (AvgIpc) is 2.84. The molecule has 0 saturated carbocycles. The minimum atomic E-state index is -3.08. The molecule has 0 saturated heterocycles. The molecule has 0 bridgehead atoms. The second-order valence-corrected chi connectivity index (χ2v) is 12.2. The van der Waals surface area contributed by atoms with Crippen molar-refractivity contribution in [2.45, 2.75) is 63.7 Å². The molecule has 1 aromatic carbocycles. The van der Waals surface area contributed by atoms with E-state index >= 15 is 0 Å². The number of ether oxygens (including phenoxy) is 1. The van der Waals surface area contributed by atoms with Gasteiger partial charge < -0.3 is 30.9 Å². The molecule has 4 rings (SSSR count). The van der Waals surface area contributed by atoms with Gasteiger partial charge in [0.1, 0.15) is 28.9 Å². The number of amides is 1. The van der Waals surface area contributed by atoms with Crippen LogP contribution in [0.2, 0.25) is 0 Å². The van der Waals surface area contributed by atoms with Crippen LogP contribution in [-0.2, 0) is 29.3 Å². The summed E-state index contributed by atoms with van der Waals surface area (Å²) in [6, 6.07) is 1.85. The Morgan fingerprint density at radius 3 is 2.15 bits per heavy atom. The maximum absolute atomic E-state index is 14.1. The van der Waals surface area contributed by atoms with Crippen molar-refractivity contribution >= 4 is 29.2 Å². The van der Waals surface area contributed by atoms with Crippen LogP contribution in [0.1, 0.15) is 62.0 Å². The minimum absolute atomic E-state index is 0.164. The molecule has 6 atom stereocenters. The number of nitrogens with two attached hydrogens (primary N) is 1. The molecule has 0 radical (unpaired) electrons. The zero-order valence-electron chi connectivity index (χ0n) is 23.8. The lowest BCUT2D eigenvalue weighted by Crippen LogP contribution is -2.69. The summed E-state index contributed by atoms with van der Waals surface area (Å²) in [6.07, 6.45) is -1.65. The Labute approximate surface area is 236 Å². The normalized spacial score (nSPS) is 29.6. The molecule has 0 aromatic heterocycles. The van der Waals surface area contributed by atoms with E-state index in [1.165, 1.54) is 19.0 Å². The van der Waals surface area contributed by atoms with Crippen molar-refractivity contribution in [1.82, 2.24) is 4.90 Å². The smallest absolute Gasteiger partial charge is 0.374 e. The van der Waals surface area contributed by atoms with Crippen LogP contribution < -0.4 is 5.73 Å². The molecular formula is C29H34N2O10. The van der Waals surface area contributed by atoms with Gasteiger partial charge >= 0.3 is 5.97 Å². The number of Topliss-reactive ketones (excluding diaryl/α,β-unsaturated/α-hetero) is 3. The molecule has 0 fully saturated rings. The van der Waals surface area contributed by atoms with Gasteiger partial charge in [0, 0.05) is 24.0 Å². The number of hydrogen-bond donors (Lipinski definition) is 5. The highest BCUT2D eigenvalue weighted by atomic mass is 16.6.